The molecule has 1 heterocycles. The van der Waals surface area contributed by atoms with Crippen molar-refractivity contribution >= 4 is 11.7 Å². The summed E-state index contributed by atoms with van der Waals surface area (Å²) < 4.78 is 12.5. The zero-order valence-corrected chi connectivity index (χ0v) is 22.5. The molecule has 3 aromatic carbocycles. The minimum atomic E-state index is -0.766. The molecule has 0 amide bonds. The van der Waals surface area contributed by atoms with Gasteiger partial charge >= 0.3 is 5.97 Å². The van der Waals surface area contributed by atoms with Crippen molar-refractivity contribution < 1.29 is 24.3 Å². The largest absolute Gasteiger partial charge is 0.481 e. The van der Waals surface area contributed by atoms with Crippen LogP contribution in [0.3, 0.4) is 0 Å². The van der Waals surface area contributed by atoms with E-state index in [9.17, 15) is 14.9 Å². The highest BCUT2D eigenvalue weighted by Crippen LogP contribution is 2.56. The number of rotatable bonds is 13. The Balaban J connectivity index is 1.32. The molecule has 1 saturated heterocycles. The molecule has 1 aliphatic heterocycles. The van der Waals surface area contributed by atoms with E-state index in [4.69, 9.17) is 14.6 Å². The minimum absolute atomic E-state index is 0.0631. The fourth-order valence-corrected chi connectivity index (χ4v) is 6.40. The number of unbranched alkanes of at least 4 members (excludes halogenated alkanes) is 1. The molecule has 40 heavy (non-hydrogen) atoms. The van der Waals surface area contributed by atoms with Crippen LogP contribution in [-0.2, 0) is 26.3 Å². The average molecular weight is 542 g/mol. The Bertz CT molecular complexity index is 1340. The zero-order chi connectivity index (χ0) is 28.0. The number of aliphatic carboxylic acids is 1. The SMILES string of the molecule is O=C(O)CCCC=CC[C@H]1[C@H](COCc2cccc([N+](=O)[O-])c2)[C@@H]2C[C@@]1(c1ccc(-c3ccccc3)cc1)CO2. The number of benzene rings is 3. The number of carboxylic acid groups (broad SMARTS) is 1. The lowest BCUT2D eigenvalue weighted by Gasteiger charge is -2.39. The number of carbonyl (C=O) groups is 1. The fraction of sp³-hybridized carbons (Fsp3) is 0.364. The van der Waals surface area contributed by atoms with Crippen LogP contribution in [0, 0.1) is 22.0 Å². The highest BCUT2D eigenvalue weighted by atomic mass is 16.6. The molecule has 2 aliphatic rings. The predicted octanol–water partition coefficient (Wildman–Crippen LogP) is 6.95. The number of carboxylic acids is 1. The molecule has 1 saturated carbocycles. The van der Waals surface area contributed by atoms with Gasteiger partial charge in [0.05, 0.1) is 30.8 Å². The van der Waals surface area contributed by atoms with Gasteiger partial charge in [0.25, 0.3) is 5.69 Å². The molecular weight excluding hydrogens is 506 g/mol. The highest BCUT2D eigenvalue weighted by Gasteiger charge is 2.59. The van der Waals surface area contributed by atoms with E-state index in [-0.39, 0.29) is 34.5 Å². The van der Waals surface area contributed by atoms with E-state index in [2.05, 4.69) is 48.6 Å². The monoisotopic (exact) mass is 541 g/mol. The molecule has 7 nitrogen and oxygen atoms in total. The van der Waals surface area contributed by atoms with Crippen LogP contribution in [0.5, 0.6) is 0 Å². The Morgan fingerprint density at radius 2 is 1.82 bits per heavy atom. The lowest BCUT2D eigenvalue weighted by molar-refractivity contribution is -0.385. The van der Waals surface area contributed by atoms with Crippen LogP contribution in [0.2, 0.25) is 0 Å². The van der Waals surface area contributed by atoms with Gasteiger partial charge < -0.3 is 14.6 Å². The fourth-order valence-electron chi connectivity index (χ4n) is 6.40. The van der Waals surface area contributed by atoms with Gasteiger partial charge in [-0.05, 0) is 53.9 Å². The molecular formula is C33H35NO6. The van der Waals surface area contributed by atoms with Gasteiger partial charge in [-0.15, -0.1) is 0 Å². The number of nitrogens with zero attached hydrogens (tertiary/aromatic N) is 1. The molecule has 4 atom stereocenters. The van der Waals surface area contributed by atoms with Gasteiger partial charge in [-0.1, -0.05) is 78.9 Å². The van der Waals surface area contributed by atoms with E-state index in [0.29, 0.717) is 32.2 Å². The van der Waals surface area contributed by atoms with Crippen LogP contribution in [-0.4, -0.2) is 35.3 Å². The Labute approximate surface area is 234 Å². The second-order valence-electron chi connectivity index (χ2n) is 10.9. The highest BCUT2D eigenvalue weighted by molar-refractivity contribution is 5.66. The number of nitro groups is 1. The van der Waals surface area contributed by atoms with Crippen molar-refractivity contribution in [1.29, 1.82) is 0 Å². The van der Waals surface area contributed by atoms with Crippen molar-refractivity contribution in [3.8, 4) is 11.1 Å². The third kappa shape index (κ3) is 6.16. The molecule has 0 unspecified atom stereocenters. The molecule has 3 aromatic rings. The first-order valence-corrected chi connectivity index (χ1v) is 13.9. The lowest BCUT2D eigenvalue weighted by Crippen LogP contribution is -2.41. The number of fused-ring (bicyclic) bond motifs is 2. The second kappa shape index (κ2) is 12.6. The molecule has 0 spiro atoms. The Kier molecular flexibility index (Phi) is 8.72. The summed E-state index contributed by atoms with van der Waals surface area (Å²) in [5.74, 6) is -0.280. The van der Waals surface area contributed by atoms with Crippen LogP contribution in [0.4, 0.5) is 5.69 Å². The van der Waals surface area contributed by atoms with Crippen molar-refractivity contribution in [2.45, 2.75) is 50.2 Å². The van der Waals surface area contributed by atoms with E-state index in [1.165, 1.54) is 22.8 Å². The van der Waals surface area contributed by atoms with Gasteiger partial charge in [0.15, 0.2) is 0 Å². The summed E-state index contributed by atoms with van der Waals surface area (Å²) in [6.45, 7) is 1.48. The summed E-state index contributed by atoms with van der Waals surface area (Å²) in [6, 6.07) is 25.8. The Morgan fingerprint density at radius 3 is 2.58 bits per heavy atom. The summed E-state index contributed by atoms with van der Waals surface area (Å²) in [7, 11) is 0. The second-order valence-corrected chi connectivity index (χ2v) is 10.9. The molecule has 1 N–H and O–H groups in total. The molecule has 0 radical (unpaired) electrons. The molecule has 5 rings (SSSR count). The van der Waals surface area contributed by atoms with E-state index in [1.54, 1.807) is 12.1 Å². The van der Waals surface area contributed by atoms with Crippen LogP contribution < -0.4 is 0 Å². The summed E-state index contributed by atoms with van der Waals surface area (Å²) in [6.07, 6.45) is 7.72. The van der Waals surface area contributed by atoms with Crippen molar-refractivity contribution in [1.82, 2.24) is 0 Å². The molecule has 2 fully saturated rings. The Hall–Kier alpha value is -3.81. The van der Waals surface area contributed by atoms with E-state index in [1.807, 2.05) is 24.3 Å². The Morgan fingerprint density at radius 1 is 1.05 bits per heavy atom. The first-order valence-electron chi connectivity index (χ1n) is 13.9. The number of non-ortho nitro benzene ring substituents is 1. The third-order valence-electron chi connectivity index (χ3n) is 8.41. The number of hydrogen-bond acceptors (Lipinski definition) is 5. The third-order valence-corrected chi connectivity index (χ3v) is 8.41. The van der Waals surface area contributed by atoms with E-state index in [0.717, 1.165) is 24.8 Å². The van der Waals surface area contributed by atoms with Gasteiger partial charge in [0.2, 0.25) is 0 Å². The first-order chi connectivity index (χ1) is 19.5. The topological polar surface area (TPSA) is 98.9 Å². The number of ether oxygens (including phenoxy) is 2. The predicted molar refractivity (Wildman–Crippen MR) is 153 cm³/mol. The number of nitro benzene ring substituents is 1. The van der Waals surface area contributed by atoms with Crippen molar-refractivity contribution in [3.63, 3.8) is 0 Å². The van der Waals surface area contributed by atoms with Gasteiger partial charge in [0.1, 0.15) is 0 Å². The smallest absolute Gasteiger partial charge is 0.303 e. The summed E-state index contributed by atoms with van der Waals surface area (Å²) in [5.41, 5.74) is 4.37. The van der Waals surface area contributed by atoms with Crippen LogP contribution in [0.25, 0.3) is 11.1 Å². The van der Waals surface area contributed by atoms with E-state index >= 15 is 0 Å². The van der Waals surface area contributed by atoms with Crippen LogP contribution >= 0.6 is 0 Å². The molecule has 7 heteroatoms. The van der Waals surface area contributed by atoms with Crippen LogP contribution in [0.15, 0.2) is 91.0 Å². The van der Waals surface area contributed by atoms with Gasteiger partial charge in [-0.2, -0.15) is 0 Å². The molecule has 208 valence electrons. The maximum absolute atomic E-state index is 11.1. The maximum Gasteiger partial charge on any atom is 0.303 e. The van der Waals surface area contributed by atoms with Gasteiger partial charge in [0, 0.05) is 29.9 Å². The molecule has 2 bridgehead atoms. The van der Waals surface area contributed by atoms with Crippen molar-refractivity contribution in [3.05, 3.63) is 112 Å². The number of hydrogen-bond donors (Lipinski definition) is 1. The van der Waals surface area contributed by atoms with Gasteiger partial charge in [-0.25, -0.2) is 0 Å². The summed E-state index contributed by atoms with van der Waals surface area (Å²) in [4.78, 5) is 21.6. The van der Waals surface area contributed by atoms with Crippen molar-refractivity contribution in [2.24, 2.45) is 11.8 Å². The minimum Gasteiger partial charge on any atom is -0.481 e. The number of allylic oxidation sites excluding steroid dienone is 2. The molecule has 1 aliphatic carbocycles. The summed E-state index contributed by atoms with van der Waals surface area (Å²) in [5, 5.41) is 20.1. The summed E-state index contributed by atoms with van der Waals surface area (Å²) >= 11 is 0. The quantitative estimate of drug-likeness (QED) is 0.109. The lowest BCUT2D eigenvalue weighted by atomic mass is 9.69. The van der Waals surface area contributed by atoms with Crippen molar-refractivity contribution in [2.75, 3.05) is 13.2 Å². The molecule has 0 aromatic heterocycles. The van der Waals surface area contributed by atoms with Crippen LogP contribution in [0.1, 0.15) is 43.2 Å². The van der Waals surface area contributed by atoms with E-state index < -0.39 is 5.97 Å². The average Bonchev–Trinajstić information content (AvgIpc) is 3.54. The standard InChI is InChI=1S/C33H35NO6/c35-32(36)14-7-2-1-6-13-30-29(22-39-21-24-9-8-12-28(19-24)34(37)38)31-20-33(30,23-40-31)27-17-15-26(16-18-27)25-10-4-3-5-11-25/h1,3-6,8-12,15-19,29-31H,2,7,13-14,20-23H2,(H,35,36)/t29-,30-,31-,33-/m0/s1. The maximum atomic E-state index is 11.1. The zero-order valence-electron chi connectivity index (χ0n) is 22.5. The normalized spacial score (nSPS) is 23.6. The first kappa shape index (κ1) is 27.7. The van der Waals surface area contributed by atoms with Gasteiger partial charge in [-0.3, -0.25) is 14.9 Å².